The minimum atomic E-state index is -0.0171. The minimum absolute atomic E-state index is 0.0171. The molecule has 0 bridgehead atoms. The van der Waals surface area contributed by atoms with E-state index < -0.39 is 0 Å². The van der Waals surface area contributed by atoms with E-state index in [1.165, 1.54) is 0 Å². The van der Waals surface area contributed by atoms with Crippen LogP contribution in [0.4, 0.5) is 0 Å². The molecule has 1 fully saturated rings. The summed E-state index contributed by atoms with van der Waals surface area (Å²) in [5.41, 5.74) is 0. The van der Waals surface area contributed by atoms with Crippen molar-refractivity contribution < 1.29 is 4.79 Å². The van der Waals surface area contributed by atoms with Crippen LogP contribution in [0.3, 0.4) is 0 Å². The first-order valence-corrected chi connectivity index (χ1v) is 5.18. The van der Waals surface area contributed by atoms with Crippen molar-refractivity contribution in [2.75, 3.05) is 13.1 Å². The maximum absolute atomic E-state index is 11.6. The lowest BCUT2D eigenvalue weighted by atomic mass is 9.94. The van der Waals surface area contributed by atoms with E-state index in [1.807, 2.05) is 0 Å². The Hall–Kier alpha value is -1.01. The second-order valence-corrected chi connectivity index (χ2v) is 3.88. The number of hydrogen-bond acceptors (Lipinski definition) is 2. The van der Waals surface area contributed by atoms with E-state index >= 15 is 0 Å². The molecule has 1 saturated heterocycles. The van der Waals surface area contributed by atoms with Gasteiger partial charge in [0.25, 0.3) is 0 Å². The third-order valence-electron chi connectivity index (χ3n) is 2.55. The summed E-state index contributed by atoms with van der Waals surface area (Å²) in [6.45, 7) is 3.71. The van der Waals surface area contributed by atoms with Crippen LogP contribution in [0.15, 0.2) is 0 Å². The molecule has 0 aromatic carbocycles. The molecular formula is C11H18N2O. The van der Waals surface area contributed by atoms with Gasteiger partial charge in [-0.3, -0.25) is 4.79 Å². The lowest BCUT2D eigenvalue weighted by molar-refractivity contribution is -0.123. The van der Waals surface area contributed by atoms with Crippen molar-refractivity contribution in [2.24, 2.45) is 5.92 Å². The van der Waals surface area contributed by atoms with Crippen molar-refractivity contribution in [3.8, 4) is 12.3 Å². The normalized spacial score (nSPS) is 26.6. The highest BCUT2D eigenvalue weighted by Gasteiger charge is 2.23. The van der Waals surface area contributed by atoms with Gasteiger partial charge < -0.3 is 10.6 Å². The molecule has 1 rings (SSSR count). The zero-order chi connectivity index (χ0) is 10.4. The maximum Gasteiger partial charge on any atom is 0.237 e. The van der Waals surface area contributed by atoms with E-state index in [0.29, 0.717) is 18.9 Å². The van der Waals surface area contributed by atoms with Crippen molar-refractivity contribution in [2.45, 2.75) is 32.2 Å². The highest BCUT2D eigenvalue weighted by molar-refractivity contribution is 5.81. The molecule has 0 spiro atoms. The number of carbonyl (C=O) groups is 1. The molecule has 2 N–H and O–H groups in total. The molecule has 0 saturated carbocycles. The summed E-state index contributed by atoms with van der Waals surface area (Å²) in [5.74, 6) is 3.23. The van der Waals surface area contributed by atoms with Crippen LogP contribution in [-0.2, 0) is 4.79 Å². The number of nitrogens with one attached hydrogen (secondary N) is 2. The maximum atomic E-state index is 11.6. The molecule has 0 radical (unpaired) electrons. The summed E-state index contributed by atoms with van der Waals surface area (Å²) in [7, 11) is 0. The van der Waals surface area contributed by atoms with E-state index in [-0.39, 0.29) is 11.9 Å². The average molecular weight is 194 g/mol. The highest BCUT2D eigenvalue weighted by atomic mass is 16.2. The Kier molecular flexibility index (Phi) is 4.48. The molecule has 0 aliphatic carbocycles. The van der Waals surface area contributed by atoms with Gasteiger partial charge in [-0.2, -0.15) is 0 Å². The fourth-order valence-corrected chi connectivity index (χ4v) is 1.69. The Morgan fingerprint density at radius 3 is 3.14 bits per heavy atom. The second-order valence-electron chi connectivity index (χ2n) is 3.88. The molecule has 1 heterocycles. The molecule has 2 unspecified atom stereocenters. The molecule has 1 amide bonds. The van der Waals surface area contributed by atoms with Crippen molar-refractivity contribution in [3.63, 3.8) is 0 Å². The lowest BCUT2D eigenvalue weighted by Crippen LogP contribution is -2.48. The minimum Gasteiger partial charge on any atom is -0.354 e. The molecule has 14 heavy (non-hydrogen) atoms. The number of amides is 1. The third kappa shape index (κ3) is 3.39. The van der Waals surface area contributed by atoms with Crippen LogP contribution in [0, 0.1) is 18.3 Å². The molecule has 2 atom stereocenters. The third-order valence-corrected chi connectivity index (χ3v) is 2.55. The van der Waals surface area contributed by atoms with Crippen LogP contribution < -0.4 is 10.6 Å². The molecule has 1 aliphatic heterocycles. The monoisotopic (exact) mass is 194 g/mol. The molecule has 78 valence electrons. The molecule has 1 aliphatic rings. The number of terminal acetylenes is 1. The molecular weight excluding hydrogens is 176 g/mol. The van der Waals surface area contributed by atoms with E-state index in [4.69, 9.17) is 6.42 Å². The van der Waals surface area contributed by atoms with E-state index in [2.05, 4.69) is 23.5 Å². The van der Waals surface area contributed by atoms with Gasteiger partial charge in [-0.05, 0) is 25.3 Å². The first-order valence-electron chi connectivity index (χ1n) is 5.18. The Morgan fingerprint density at radius 1 is 1.71 bits per heavy atom. The zero-order valence-electron chi connectivity index (χ0n) is 8.68. The summed E-state index contributed by atoms with van der Waals surface area (Å²) in [6, 6.07) is -0.0171. The van der Waals surface area contributed by atoms with Gasteiger partial charge in [0.15, 0.2) is 0 Å². The van der Waals surface area contributed by atoms with Crippen molar-refractivity contribution in [3.05, 3.63) is 0 Å². The first kappa shape index (κ1) is 11.1. The number of carbonyl (C=O) groups excluding carboxylic acids is 1. The summed E-state index contributed by atoms with van der Waals surface area (Å²) >= 11 is 0. The number of rotatable bonds is 3. The van der Waals surface area contributed by atoms with Gasteiger partial charge >= 0.3 is 0 Å². The summed E-state index contributed by atoms with van der Waals surface area (Å²) < 4.78 is 0. The van der Waals surface area contributed by atoms with Gasteiger partial charge in [-0.15, -0.1) is 12.3 Å². The smallest absolute Gasteiger partial charge is 0.237 e. The molecule has 3 nitrogen and oxygen atoms in total. The van der Waals surface area contributed by atoms with Gasteiger partial charge in [0, 0.05) is 13.0 Å². The van der Waals surface area contributed by atoms with Crippen LogP contribution >= 0.6 is 0 Å². The number of piperidine rings is 1. The summed E-state index contributed by atoms with van der Waals surface area (Å²) in [5, 5.41) is 6.04. The Balaban J connectivity index is 2.26. The van der Waals surface area contributed by atoms with E-state index in [0.717, 1.165) is 19.4 Å². The largest absolute Gasteiger partial charge is 0.354 e. The SMILES string of the molecule is C#CCCNC(=O)C1CC(C)CCN1. The second kappa shape index (κ2) is 5.66. The van der Waals surface area contributed by atoms with Gasteiger partial charge in [0.1, 0.15) is 0 Å². The number of hydrogen-bond donors (Lipinski definition) is 2. The standard InChI is InChI=1S/C11H18N2O/c1-3-4-6-13-11(14)10-8-9(2)5-7-12-10/h1,9-10,12H,4-8H2,2H3,(H,13,14). The van der Waals surface area contributed by atoms with Gasteiger partial charge in [-0.25, -0.2) is 0 Å². The quantitative estimate of drug-likeness (QED) is 0.508. The predicted octanol–water partition coefficient (Wildman–Crippen LogP) is 0.514. The van der Waals surface area contributed by atoms with Crippen LogP contribution in [-0.4, -0.2) is 25.0 Å². The van der Waals surface area contributed by atoms with Crippen molar-refractivity contribution >= 4 is 5.91 Å². The highest BCUT2D eigenvalue weighted by Crippen LogP contribution is 2.14. The van der Waals surface area contributed by atoms with Gasteiger partial charge in [-0.1, -0.05) is 6.92 Å². The average Bonchev–Trinajstić information content (AvgIpc) is 2.18. The fraction of sp³-hybridized carbons (Fsp3) is 0.727. The van der Waals surface area contributed by atoms with E-state index in [9.17, 15) is 4.79 Å². The fourth-order valence-electron chi connectivity index (χ4n) is 1.69. The van der Waals surface area contributed by atoms with Crippen LogP contribution in [0.1, 0.15) is 26.2 Å². The van der Waals surface area contributed by atoms with E-state index in [1.54, 1.807) is 0 Å². The topological polar surface area (TPSA) is 41.1 Å². The van der Waals surface area contributed by atoms with Crippen LogP contribution in [0.2, 0.25) is 0 Å². The molecule has 0 aromatic rings. The van der Waals surface area contributed by atoms with Crippen LogP contribution in [0.5, 0.6) is 0 Å². The van der Waals surface area contributed by atoms with Crippen molar-refractivity contribution in [1.82, 2.24) is 10.6 Å². The Labute approximate surface area is 85.6 Å². The zero-order valence-corrected chi connectivity index (χ0v) is 8.68. The predicted molar refractivity (Wildman–Crippen MR) is 56.6 cm³/mol. The molecule has 0 aromatic heterocycles. The van der Waals surface area contributed by atoms with Gasteiger partial charge in [0.2, 0.25) is 5.91 Å². The van der Waals surface area contributed by atoms with Crippen molar-refractivity contribution in [1.29, 1.82) is 0 Å². The Bertz CT molecular complexity index is 232. The lowest BCUT2D eigenvalue weighted by Gasteiger charge is -2.27. The molecule has 3 heteroatoms. The Morgan fingerprint density at radius 2 is 2.50 bits per heavy atom. The summed E-state index contributed by atoms with van der Waals surface area (Å²) in [6.07, 6.45) is 7.80. The van der Waals surface area contributed by atoms with Gasteiger partial charge in [0.05, 0.1) is 6.04 Å². The summed E-state index contributed by atoms with van der Waals surface area (Å²) in [4.78, 5) is 11.6. The van der Waals surface area contributed by atoms with Crippen LogP contribution in [0.25, 0.3) is 0 Å². The first-order chi connectivity index (χ1) is 6.74.